The van der Waals surface area contributed by atoms with Crippen LogP contribution in [0.25, 0.3) is 11.3 Å². The van der Waals surface area contributed by atoms with Crippen LogP contribution in [-0.4, -0.2) is 9.78 Å². The molecule has 0 radical (unpaired) electrons. The third kappa shape index (κ3) is 2.12. The Kier molecular flexibility index (Phi) is 3.30. The zero-order valence-electron chi connectivity index (χ0n) is 9.52. The fourth-order valence-corrected chi connectivity index (χ4v) is 1.93. The van der Waals surface area contributed by atoms with Crippen molar-refractivity contribution in [1.82, 2.24) is 9.78 Å². The molecule has 0 aliphatic rings. The van der Waals surface area contributed by atoms with Gasteiger partial charge in [-0.25, -0.2) is 0 Å². The van der Waals surface area contributed by atoms with Gasteiger partial charge >= 0.3 is 0 Å². The lowest BCUT2D eigenvalue weighted by Crippen LogP contribution is -2.06. The Morgan fingerprint density at radius 1 is 1.25 bits per heavy atom. The predicted octanol–water partition coefficient (Wildman–Crippen LogP) is 3.87. The fourth-order valence-electron chi connectivity index (χ4n) is 1.73. The van der Waals surface area contributed by atoms with Gasteiger partial charge in [-0.2, -0.15) is 5.10 Å². The van der Waals surface area contributed by atoms with E-state index in [1.54, 1.807) is 0 Å². The van der Waals surface area contributed by atoms with Crippen molar-refractivity contribution in [2.45, 2.75) is 25.8 Å². The van der Waals surface area contributed by atoms with Crippen LogP contribution in [0.3, 0.4) is 0 Å². The molecule has 2 nitrogen and oxygen atoms in total. The Balaban J connectivity index is 2.44. The summed E-state index contributed by atoms with van der Waals surface area (Å²) < 4.78 is 1.98. The van der Waals surface area contributed by atoms with Crippen LogP contribution in [0, 0.1) is 0 Å². The third-order valence-electron chi connectivity index (χ3n) is 2.51. The van der Waals surface area contributed by atoms with Gasteiger partial charge < -0.3 is 0 Å². The average Bonchev–Trinajstić information content (AvgIpc) is 2.74. The first-order valence-corrected chi connectivity index (χ1v) is 5.95. The molecule has 84 valence electrons. The zero-order valence-corrected chi connectivity index (χ0v) is 10.3. The minimum absolute atomic E-state index is 0.339. The van der Waals surface area contributed by atoms with Crippen LogP contribution in [0.15, 0.2) is 36.4 Å². The predicted molar refractivity (Wildman–Crippen MR) is 67.6 cm³/mol. The van der Waals surface area contributed by atoms with Gasteiger partial charge in [0.25, 0.3) is 0 Å². The maximum absolute atomic E-state index is 5.92. The Bertz CT molecular complexity index is 460. The molecule has 0 amide bonds. The second-order valence-corrected chi connectivity index (χ2v) is 4.33. The number of rotatable bonds is 3. The van der Waals surface area contributed by atoms with Gasteiger partial charge in [0.1, 0.15) is 0 Å². The Hall–Kier alpha value is -1.28. The first-order chi connectivity index (χ1) is 7.72. The lowest BCUT2D eigenvalue weighted by molar-refractivity contribution is 0.518. The van der Waals surface area contributed by atoms with E-state index in [2.05, 4.69) is 37.1 Å². The van der Waals surface area contributed by atoms with Crippen molar-refractivity contribution < 1.29 is 0 Å². The van der Waals surface area contributed by atoms with Crippen LogP contribution in [-0.2, 0) is 5.88 Å². The zero-order chi connectivity index (χ0) is 11.5. The summed E-state index contributed by atoms with van der Waals surface area (Å²) in [5.74, 6) is 0.498. The van der Waals surface area contributed by atoms with Gasteiger partial charge in [0, 0.05) is 11.6 Å². The maximum atomic E-state index is 5.92. The molecule has 0 unspecified atom stereocenters. The first-order valence-electron chi connectivity index (χ1n) is 5.42. The monoisotopic (exact) mass is 234 g/mol. The molecule has 0 aliphatic carbocycles. The highest BCUT2D eigenvalue weighted by Gasteiger charge is 2.10. The lowest BCUT2D eigenvalue weighted by atomic mass is 10.1. The molecular weight excluding hydrogens is 220 g/mol. The second-order valence-electron chi connectivity index (χ2n) is 4.06. The molecule has 0 spiro atoms. The van der Waals surface area contributed by atoms with Crippen molar-refractivity contribution in [2.24, 2.45) is 0 Å². The molecule has 0 N–H and O–H groups in total. The standard InChI is InChI=1S/C13H15ClN2/c1-10(2)16-12(9-14)8-13(15-16)11-6-4-3-5-7-11/h3-8,10H,9H2,1-2H3. The summed E-state index contributed by atoms with van der Waals surface area (Å²) in [6, 6.07) is 12.6. The van der Waals surface area contributed by atoms with Crippen molar-refractivity contribution in [2.75, 3.05) is 0 Å². The molecule has 0 saturated carbocycles. The lowest BCUT2D eigenvalue weighted by Gasteiger charge is -2.08. The summed E-state index contributed by atoms with van der Waals surface area (Å²) in [6.07, 6.45) is 0. The van der Waals surface area contributed by atoms with E-state index in [9.17, 15) is 0 Å². The Labute approximate surface area is 101 Å². The van der Waals surface area contributed by atoms with Crippen molar-refractivity contribution >= 4 is 11.6 Å². The van der Waals surface area contributed by atoms with Gasteiger partial charge in [-0.05, 0) is 19.9 Å². The number of alkyl halides is 1. The van der Waals surface area contributed by atoms with E-state index in [-0.39, 0.29) is 0 Å². The first kappa shape index (κ1) is 11.2. The minimum atomic E-state index is 0.339. The summed E-state index contributed by atoms with van der Waals surface area (Å²) >= 11 is 5.92. The largest absolute Gasteiger partial charge is 0.265 e. The van der Waals surface area contributed by atoms with Gasteiger partial charge in [-0.1, -0.05) is 30.3 Å². The van der Waals surface area contributed by atoms with E-state index >= 15 is 0 Å². The van der Waals surface area contributed by atoms with E-state index in [0.29, 0.717) is 11.9 Å². The van der Waals surface area contributed by atoms with E-state index in [0.717, 1.165) is 17.0 Å². The molecule has 0 bridgehead atoms. The summed E-state index contributed by atoms with van der Waals surface area (Å²) in [5.41, 5.74) is 3.19. The molecule has 0 saturated heterocycles. The topological polar surface area (TPSA) is 17.8 Å². The van der Waals surface area contributed by atoms with E-state index in [1.165, 1.54) is 0 Å². The van der Waals surface area contributed by atoms with E-state index in [1.807, 2.05) is 22.9 Å². The number of nitrogens with zero attached hydrogens (tertiary/aromatic N) is 2. The van der Waals surface area contributed by atoms with E-state index < -0.39 is 0 Å². The third-order valence-corrected chi connectivity index (χ3v) is 2.78. The van der Waals surface area contributed by atoms with Crippen molar-refractivity contribution in [3.63, 3.8) is 0 Å². The highest BCUT2D eigenvalue weighted by Crippen LogP contribution is 2.21. The molecule has 0 aliphatic heterocycles. The normalized spacial score (nSPS) is 11.0. The second kappa shape index (κ2) is 4.71. The van der Waals surface area contributed by atoms with Crippen molar-refractivity contribution in [3.05, 3.63) is 42.1 Å². The molecule has 2 rings (SSSR count). The molecule has 1 heterocycles. The number of hydrogen-bond acceptors (Lipinski definition) is 1. The van der Waals surface area contributed by atoms with Crippen molar-refractivity contribution in [1.29, 1.82) is 0 Å². The SMILES string of the molecule is CC(C)n1nc(-c2ccccc2)cc1CCl. The molecule has 1 aromatic heterocycles. The summed E-state index contributed by atoms with van der Waals surface area (Å²) in [5, 5.41) is 4.58. The maximum Gasteiger partial charge on any atom is 0.0926 e. The smallest absolute Gasteiger partial charge is 0.0926 e. The van der Waals surface area contributed by atoms with Crippen LogP contribution < -0.4 is 0 Å². The summed E-state index contributed by atoms with van der Waals surface area (Å²) in [6.45, 7) is 4.22. The van der Waals surface area contributed by atoms with Gasteiger partial charge in [-0.3, -0.25) is 4.68 Å². The molecule has 0 atom stereocenters. The molecule has 2 aromatic rings. The van der Waals surface area contributed by atoms with Crippen LogP contribution in [0.4, 0.5) is 0 Å². The number of benzene rings is 1. The highest BCUT2D eigenvalue weighted by molar-refractivity contribution is 6.16. The highest BCUT2D eigenvalue weighted by atomic mass is 35.5. The number of hydrogen-bond donors (Lipinski definition) is 0. The molecule has 3 heteroatoms. The Morgan fingerprint density at radius 2 is 1.94 bits per heavy atom. The minimum Gasteiger partial charge on any atom is -0.265 e. The average molecular weight is 235 g/mol. The van der Waals surface area contributed by atoms with Crippen LogP contribution >= 0.6 is 11.6 Å². The Morgan fingerprint density at radius 3 is 2.44 bits per heavy atom. The number of halogens is 1. The van der Waals surface area contributed by atoms with Crippen LogP contribution in [0.5, 0.6) is 0 Å². The number of aromatic nitrogens is 2. The molecular formula is C13H15ClN2. The fraction of sp³-hybridized carbons (Fsp3) is 0.308. The van der Waals surface area contributed by atoms with Gasteiger partial charge in [-0.15, -0.1) is 11.6 Å². The van der Waals surface area contributed by atoms with Crippen LogP contribution in [0.2, 0.25) is 0 Å². The molecule has 0 fully saturated rings. The summed E-state index contributed by atoms with van der Waals surface area (Å²) in [4.78, 5) is 0. The van der Waals surface area contributed by atoms with Gasteiger partial charge in [0.15, 0.2) is 0 Å². The van der Waals surface area contributed by atoms with Crippen LogP contribution in [0.1, 0.15) is 25.6 Å². The quantitative estimate of drug-likeness (QED) is 0.738. The van der Waals surface area contributed by atoms with E-state index in [4.69, 9.17) is 11.6 Å². The van der Waals surface area contributed by atoms with Crippen molar-refractivity contribution in [3.8, 4) is 11.3 Å². The molecule has 1 aromatic carbocycles. The van der Waals surface area contributed by atoms with Gasteiger partial charge in [0.2, 0.25) is 0 Å². The summed E-state index contributed by atoms with van der Waals surface area (Å²) in [7, 11) is 0. The van der Waals surface area contributed by atoms with Gasteiger partial charge in [0.05, 0.1) is 17.3 Å². The molecule has 16 heavy (non-hydrogen) atoms.